The molecule has 0 fully saturated rings. The van der Waals surface area contributed by atoms with E-state index in [1.165, 1.54) is 0 Å². The molecule has 0 aliphatic heterocycles. The van der Waals surface area contributed by atoms with Crippen LogP contribution in [-0.2, 0) is 41.3 Å². The second-order valence-corrected chi connectivity index (χ2v) is 3.14. The molecule has 2 unspecified atom stereocenters. The molecule has 14 heavy (non-hydrogen) atoms. The predicted molar refractivity (Wildman–Crippen MR) is 60.5 cm³/mol. The SMILES string of the molecule is O=S(O)OS(=O)OS(=O)O.[KH].[KH].[NaH].[NaH]. The Morgan fingerprint density at radius 3 is 1.14 bits per heavy atom. The molecule has 2 N–H and O–H groups in total. The minimum absolute atomic E-state index is 0. The average molecular weight is 338 g/mol. The molecule has 0 amide bonds. The van der Waals surface area contributed by atoms with Crippen LogP contribution < -0.4 is 0 Å². The Labute approximate surface area is 218 Å². The summed E-state index contributed by atoms with van der Waals surface area (Å²) in [6, 6.07) is 0. The van der Waals surface area contributed by atoms with Crippen LogP contribution >= 0.6 is 0 Å². The first-order valence-electron chi connectivity index (χ1n) is 1.53. The summed E-state index contributed by atoms with van der Waals surface area (Å²) in [7, 11) is 0. The van der Waals surface area contributed by atoms with Crippen molar-refractivity contribution in [3.63, 3.8) is 0 Å². The van der Waals surface area contributed by atoms with E-state index in [4.69, 9.17) is 9.11 Å². The molecule has 0 aromatic carbocycles. The Bertz CT molecular complexity index is 168. The first-order chi connectivity index (χ1) is 4.52. The molecule has 0 saturated heterocycles. The molecule has 0 aliphatic carbocycles. The minimum atomic E-state index is -2.78. The molecule has 7 nitrogen and oxygen atoms in total. The van der Waals surface area contributed by atoms with E-state index in [0.717, 1.165) is 0 Å². The Morgan fingerprint density at radius 2 is 1.00 bits per heavy atom. The van der Waals surface area contributed by atoms with Gasteiger partial charge < -0.3 is 0 Å². The van der Waals surface area contributed by atoms with E-state index in [1.54, 1.807) is 0 Å². The van der Waals surface area contributed by atoms with E-state index in [2.05, 4.69) is 7.26 Å². The second-order valence-electron chi connectivity index (χ2n) is 0.774. The summed E-state index contributed by atoms with van der Waals surface area (Å²) in [5, 5.41) is 0. The normalized spacial score (nSPS) is 14.1. The van der Waals surface area contributed by atoms with Gasteiger partial charge in [-0.3, -0.25) is 9.11 Å². The summed E-state index contributed by atoms with van der Waals surface area (Å²) in [6.45, 7) is 0. The molecule has 0 heterocycles. The van der Waals surface area contributed by atoms with Crippen molar-refractivity contribution in [2.24, 2.45) is 0 Å². The van der Waals surface area contributed by atoms with Crippen molar-refractivity contribution in [1.82, 2.24) is 0 Å². The molecule has 0 aromatic heterocycles. The van der Waals surface area contributed by atoms with Crippen LogP contribution in [0.5, 0.6) is 0 Å². The Hall–Kier alpha value is 5.56. The molecular weight excluding hydrogens is 332 g/mol. The summed E-state index contributed by atoms with van der Waals surface area (Å²) < 4.78 is 51.9. The van der Waals surface area contributed by atoms with E-state index in [9.17, 15) is 12.6 Å². The van der Waals surface area contributed by atoms with Gasteiger partial charge in [-0.25, -0.2) is 0 Å². The van der Waals surface area contributed by atoms with Crippen LogP contribution in [0.3, 0.4) is 0 Å². The molecule has 14 heteroatoms. The van der Waals surface area contributed by atoms with Crippen molar-refractivity contribution in [2.75, 3.05) is 0 Å². The first-order valence-corrected chi connectivity index (χ1v) is 4.60. The van der Waals surface area contributed by atoms with Gasteiger partial charge in [0.05, 0.1) is 0 Å². The van der Waals surface area contributed by atoms with E-state index >= 15 is 0 Å². The summed E-state index contributed by atoms with van der Waals surface area (Å²) >= 11 is -8.25. The van der Waals surface area contributed by atoms with Gasteiger partial charge in [-0.1, -0.05) is 0 Å². The summed E-state index contributed by atoms with van der Waals surface area (Å²) in [5.41, 5.74) is 0. The quantitative estimate of drug-likeness (QED) is 0.401. The molecule has 0 spiro atoms. The van der Waals surface area contributed by atoms with Crippen LogP contribution in [0.4, 0.5) is 0 Å². The van der Waals surface area contributed by atoms with Crippen molar-refractivity contribution >= 4 is 196 Å². The van der Waals surface area contributed by atoms with Gasteiger partial charge in [0.2, 0.25) is 0 Å². The van der Waals surface area contributed by atoms with Crippen molar-refractivity contribution < 1.29 is 29.0 Å². The van der Waals surface area contributed by atoms with Crippen LogP contribution in [-0.4, -0.2) is 184 Å². The summed E-state index contributed by atoms with van der Waals surface area (Å²) in [6.07, 6.45) is 0. The fraction of sp³-hybridized carbons (Fsp3) is 0. The Balaban J connectivity index is -0.0000000675. The third kappa shape index (κ3) is 26.2. The Kier molecular flexibility index (Phi) is 47.4. The van der Waals surface area contributed by atoms with E-state index < -0.39 is 34.1 Å². The molecule has 2 atom stereocenters. The van der Waals surface area contributed by atoms with E-state index in [-0.39, 0.29) is 162 Å². The summed E-state index contributed by atoms with van der Waals surface area (Å²) in [5.74, 6) is 0. The molecule has 70 valence electrons. The monoisotopic (exact) mass is 338 g/mol. The molecule has 0 saturated carbocycles. The van der Waals surface area contributed by atoms with E-state index in [0.29, 0.717) is 0 Å². The third-order valence-electron chi connectivity index (χ3n) is 0.228. The third-order valence-corrected chi connectivity index (χ3v) is 2.05. The molecule has 0 aromatic rings. The molecule has 0 aliphatic rings. The number of hydrogen-bond donors (Lipinski definition) is 2. The van der Waals surface area contributed by atoms with Gasteiger partial charge in [0.15, 0.2) is 0 Å². The van der Waals surface area contributed by atoms with Crippen molar-refractivity contribution in [3.05, 3.63) is 0 Å². The standard InChI is InChI=1S/2K.2Na.H2O7S3.4H/c;;;;1-8(2)6-10(5)7-9(3)4;;;;/h;;;;(H,1,2)(H,3,4);;;;. The van der Waals surface area contributed by atoms with Gasteiger partial charge in [0.1, 0.15) is 0 Å². The number of hydrogen-bond acceptors (Lipinski definition) is 5. The van der Waals surface area contributed by atoms with Crippen LogP contribution in [0, 0.1) is 0 Å². The fourth-order valence-electron chi connectivity index (χ4n) is 0.106. The maximum absolute atomic E-state index is 10.0. The fourth-order valence-corrected chi connectivity index (χ4v) is 1.16. The van der Waals surface area contributed by atoms with Gasteiger partial charge in [-0.15, -0.1) is 7.26 Å². The van der Waals surface area contributed by atoms with Crippen LogP contribution in [0.25, 0.3) is 0 Å². The zero-order chi connectivity index (χ0) is 8.15. The second kappa shape index (κ2) is 20.9. The zero-order valence-electron chi connectivity index (χ0n) is 4.16. The molecule has 0 bridgehead atoms. The Morgan fingerprint density at radius 1 is 0.786 bits per heavy atom. The van der Waals surface area contributed by atoms with Crippen molar-refractivity contribution in [1.29, 1.82) is 0 Å². The van der Waals surface area contributed by atoms with Crippen LogP contribution in [0.1, 0.15) is 0 Å². The first kappa shape index (κ1) is 31.8. The van der Waals surface area contributed by atoms with E-state index in [1.807, 2.05) is 0 Å². The van der Waals surface area contributed by atoms with Crippen molar-refractivity contribution in [2.45, 2.75) is 0 Å². The van der Waals surface area contributed by atoms with Gasteiger partial charge in [-0.2, -0.15) is 12.6 Å². The molecular formula is H6K2Na2O7S3. The summed E-state index contributed by atoms with van der Waals surface area (Å²) in [4.78, 5) is 0. The van der Waals surface area contributed by atoms with Crippen LogP contribution in [0.2, 0.25) is 0 Å². The number of rotatable bonds is 4. The topological polar surface area (TPSA) is 110 Å². The van der Waals surface area contributed by atoms with Gasteiger partial charge >= 0.3 is 196 Å². The molecule has 0 radical (unpaired) electrons. The maximum atomic E-state index is 10.0. The average Bonchev–Trinajstić information content (AvgIpc) is 1.58. The van der Waals surface area contributed by atoms with Crippen LogP contribution in [0.15, 0.2) is 0 Å². The zero-order valence-corrected chi connectivity index (χ0v) is 6.61. The van der Waals surface area contributed by atoms with Gasteiger partial charge in [-0.05, 0) is 0 Å². The molecule has 0 rings (SSSR count). The van der Waals surface area contributed by atoms with Gasteiger partial charge in [0, 0.05) is 0 Å². The van der Waals surface area contributed by atoms with Crippen molar-refractivity contribution in [3.8, 4) is 0 Å². The predicted octanol–water partition coefficient (Wildman–Crippen LogP) is -3.72. The van der Waals surface area contributed by atoms with Gasteiger partial charge in [0.25, 0.3) is 0 Å².